The third-order valence-electron chi connectivity index (χ3n) is 3.04. The standard InChI is InChI=1S/C12H20B2S/c1-3-5-8(4-2)10-6-9(13)7-11(14)12(10)15/h6-8,15H,3-5,13-14H2,1-2H3. The molecular weight excluding hydrogens is 198 g/mol. The fourth-order valence-electron chi connectivity index (χ4n) is 2.23. The van der Waals surface area contributed by atoms with Crippen LogP contribution in [0.25, 0.3) is 0 Å². The number of benzene rings is 1. The Morgan fingerprint density at radius 1 is 1.27 bits per heavy atom. The van der Waals surface area contributed by atoms with E-state index in [4.69, 9.17) is 0 Å². The van der Waals surface area contributed by atoms with Crippen LogP contribution in [0.4, 0.5) is 0 Å². The molecule has 0 N–H and O–H groups in total. The van der Waals surface area contributed by atoms with E-state index in [1.807, 2.05) is 0 Å². The summed E-state index contributed by atoms with van der Waals surface area (Å²) in [5.74, 6) is 0.682. The Bertz CT molecular complexity index is 337. The second kappa shape index (κ2) is 5.69. The quantitative estimate of drug-likeness (QED) is 0.560. The lowest BCUT2D eigenvalue weighted by Gasteiger charge is -2.19. The lowest BCUT2D eigenvalue weighted by atomic mass is 9.81. The van der Waals surface area contributed by atoms with E-state index < -0.39 is 0 Å². The van der Waals surface area contributed by atoms with Crippen LogP contribution >= 0.6 is 12.6 Å². The van der Waals surface area contributed by atoms with Crippen LogP contribution < -0.4 is 10.9 Å². The molecule has 0 aromatic heterocycles. The van der Waals surface area contributed by atoms with Crippen molar-refractivity contribution in [2.24, 2.45) is 0 Å². The average molecular weight is 218 g/mol. The molecule has 0 amide bonds. The first-order valence-electron chi connectivity index (χ1n) is 5.90. The summed E-state index contributed by atoms with van der Waals surface area (Å²) in [4.78, 5) is 1.20. The van der Waals surface area contributed by atoms with Gasteiger partial charge in [-0.05, 0) is 24.3 Å². The van der Waals surface area contributed by atoms with Gasteiger partial charge in [0.2, 0.25) is 0 Å². The minimum absolute atomic E-state index is 0.682. The van der Waals surface area contributed by atoms with Crippen LogP contribution in [0.15, 0.2) is 17.0 Å². The summed E-state index contributed by atoms with van der Waals surface area (Å²) >= 11 is 4.64. The predicted molar refractivity (Wildman–Crippen MR) is 78.0 cm³/mol. The Hall–Kier alpha value is -0.300. The van der Waals surface area contributed by atoms with Gasteiger partial charge in [-0.15, -0.1) is 12.6 Å². The smallest absolute Gasteiger partial charge is 0.140 e. The molecule has 0 aliphatic rings. The molecule has 3 heteroatoms. The van der Waals surface area contributed by atoms with Gasteiger partial charge < -0.3 is 0 Å². The number of hydrogen-bond acceptors (Lipinski definition) is 1. The Kier molecular flexibility index (Phi) is 4.85. The van der Waals surface area contributed by atoms with Gasteiger partial charge in [0.15, 0.2) is 0 Å². The zero-order valence-electron chi connectivity index (χ0n) is 10.3. The van der Waals surface area contributed by atoms with Gasteiger partial charge in [0.1, 0.15) is 15.7 Å². The molecule has 80 valence electrons. The molecule has 1 unspecified atom stereocenters. The molecule has 0 saturated carbocycles. The summed E-state index contributed by atoms with van der Waals surface area (Å²) in [6.07, 6.45) is 3.73. The molecule has 0 bridgehead atoms. The third-order valence-corrected chi connectivity index (χ3v) is 3.65. The third kappa shape index (κ3) is 3.07. The first-order chi connectivity index (χ1) is 7.10. The van der Waals surface area contributed by atoms with Crippen LogP contribution in [0.2, 0.25) is 0 Å². The Labute approximate surface area is 101 Å². The fourth-order valence-corrected chi connectivity index (χ4v) is 2.54. The van der Waals surface area contributed by atoms with E-state index in [9.17, 15) is 0 Å². The summed E-state index contributed by atoms with van der Waals surface area (Å²) in [5.41, 5.74) is 4.11. The van der Waals surface area contributed by atoms with Crippen LogP contribution in [0.5, 0.6) is 0 Å². The molecule has 0 aliphatic heterocycles. The Balaban J connectivity index is 3.10. The van der Waals surface area contributed by atoms with E-state index in [0.717, 1.165) is 0 Å². The number of rotatable bonds is 4. The van der Waals surface area contributed by atoms with Crippen molar-refractivity contribution in [2.75, 3.05) is 0 Å². The van der Waals surface area contributed by atoms with Gasteiger partial charge in [-0.2, -0.15) is 0 Å². The molecule has 0 nitrogen and oxygen atoms in total. The van der Waals surface area contributed by atoms with Crippen molar-refractivity contribution < 1.29 is 0 Å². The van der Waals surface area contributed by atoms with Crippen molar-refractivity contribution in [1.82, 2.24) is 0 Å². The minimum Gasteiger partial charge on any atom is -0.144 e. The zero-order chi connectivity index (χ0) is 11.4. The van der Waals surface area contributed by atoms with Gasteiger partial charge in [-0.1, -0.05) is 43.3 Å². The zero-order valence-corrected chi connectivity index (χ0v) is 11.2. The largest absolute Gasteiger partial charge is 0.144 e. The van der Waals surface area contributed by atoms with Crippen molar-refractivity contribution in [3.63, 3.8) is 0 Å². The van der Waals surface area contributed by atoms with Gasteiger partial charge in [-0.3, -0.25) is 0 Å². The van der Waals surface area contributed by atoms with Crippen molar-refractivity contribution in [3.05, 3.63) is 17.7 Å². The maximum Gasteiger partial charge on any atom is 0.140 e. The molecule has 0 fully saturated rings. The van der Waals surface area contributed by atoms with Crippen LogP contribution in [0, 0.1) is 0 Å². The highest BCUT2D eigenvalue weighted by Crippen LogP contribution is 2.27. The van der Waals surface area contributed by atoms with E-state index in [-0.39, 0.29) is 0 Å². The normalized spacial score (nSPS) is 12.7. The predicted octanol–water partition coefficient (Wildman–Crippen LogP) is 0.786. The Morgan fingerprint density at radius 3 is 2.47 bits per heavy atom. The van der Waals surface area contributed by atoms with E-state index in [1.165, 1.54) is 40.6 Å². The fraction of sp³-hybridized carbons (Fsp3) is 0.500. The first kappa shape index (κ1) is 12.8. The van der Waals surface area contributed by atoms with Crippen molar-refractivity contribution >= 4 is 39.2 Å². The highest BCUT2D eigenvalue weighted by atomic mass is 32.1. The average Bonchev–Trinajstić information content (AvgIpc) is 2.20. The molecule has 15 heavy (non-hydrogen) atoms. The minimum atomic E-state index is 0.682. The molecule has 1 aromatic rings. The summed E-state index contributed by atoms with van der Waals surface area (Å²) in [6, 6.07) is 4.52. The van der Waals surface area contributed by atoms with E-state index in [1.54, 1.807) is 0 Å². The number of thiol groups is 1. The van der Waals surface area contributed by atoms with Crippen LogP contribution in [-0.4, -0.2) is 15.7 Å². The molecule has 0 saturated heterocycles. The van der Waals surface area contributed by atoms with Gasteiger partial charge in [-0.25, -0.2) is 0 Å². The number of hydrogen-bond donors (Lipinski definition) is 1. The van der Waals surface area contributed by atoms with Gasteiger partial charge in [0.05, 0.1) is 0 Å². The van der Waals surface area contributed by atoms with E-state index in [0.29, 0.717) is 5.92 Å². The molecule has 1 rings (SSSR count). The highest BCUT2D eigenvalue weighted by Gasteiger charge is 2.12. The van der Waals surface area contributed by atoms with Gasteiger partial charge in [0.25, 0.3) is 0 Å². The molecule has 1 aromatic carbocycles. The maximum atomic E-state index is 4.64. The van der Waals surface area contributed by atoms with Crippen LogP contribution in [0.1, 0.15) is 44.6 Å². The van der Waals surface area contributed by atoms with Gasteiger partial charge >= 0.3 is 0 Å². The monoisotopic (exact) mass is 218 g/mol. The second-order valence-corrected chi connectivity index (χ2v) is 4.86. The second-order valence-electron chi connectivity index (χ2n) is 4.41. The molecule has 0 aliphatic carbocycles. The van der Waals surface area contributed by atoms with E-state index >= 15 is 0 Å². The summed E-state index contributed by atoms with van der Waals surface area (Å²) in [7, 11) is 4.32. The lowest BCUT2D eigenvalue weighted by molar-refractivity contribution is 0.589. The SMILES string of the molecule is Bc1cc(B)c(S)c(C(CC)CCC)c1. The first-order valence-corrected chi connectivity index (χ1v) is 6.34. The molecule has 0 radical (unpaired) electrons. The molecule has 1 atom stereocenters. The lowest BCUT2D eigenvalue weighted by Crippen LogP contribution is -2.19. The molecular formula is C12H20B2S. The van der Waals surface area contributed by atoms with Crippen LogP contribution in [0.3, 0.4) is 0 Å². The Morgan fingerprint density at radius 2 is 1.93 bits per heavy atom. The van der Waals surface area contributed by atoms with Crippen molar-refractivity contribution in [2.45, 2.75) is 43.9 Å². The van der Waals surface area contributed by atoms with Gasteiger partial charge in [0, 0.05) is 4.90 Å². The van der Waals surface area contributed by atoms with Crippen molar-refractivity contribution in [1.29, 1.82) is 0 Å². The molecule has 0 spiro atoms. The summed E-state index contributed by atoms with van der Waals surface area (Å²) in [5, 5.41) is 0. The van der Waals surface area contributed by atoms with E-state index in [2.05, 4.69) is 54.3 Å². The summed E-state index contributed by atoms with van der Waals surface area (Å²) < 4.78 is 0. The topological polar surface area (TPSA) is 0 Å². The maximum absolute atomic E-state index is 4.64. The van der Waals surface area contributed by atoms with Crippen LogP contribution in [-0.2, 0) is 0 Å². The van der Waals surface area contributed by atoms with Crippen molar-refractivity contribution in [3.8, 4) is 0 Å². The highest BCUT2D eigenvalue weighted by molar-refractivity contribution is 7.80. The molecule has 0 heterocycles. The summed E-state index contributed by atoms with van der Waals surface area (Å²) in [6.45, 7) is 4.52.